The van der Waals surface area contributed by atoms with Gasteiger partial charge >= 0.3 is 12.1 Å². The number of methoxy groups -OCH3 is 1. The zero-order chi connectivity index (χ0) is 22.2. The van der Waals surface area contributed by atoms with Crippen LogP contribution in [0.2, 0.25) is 10.0 Å². The lowest BCUT2D eigenvalue weighted by molar-refractivity contribution is -0.155. The zero-order valence-corrected chi connectivity index (χ0v) is 17.2. The van der Waals surface area contributed by atoms with E-state index in [1.54, 1.807) is 13.0 Å². The molecular weight excluding hydrogens is 444 g/mol. The van der Waals surface area contributed by atoms with Gasteiger partial charge in [-0.05, 0) is 48.4 Å². The number of ether oxygens (including phenoxy) is 1. The van der Waals surface area contributed by atoms with Crippen LogP contribution < -0.4 is 5.32 Å². The van der Waals surface area contributed by atoms with E-state index in [1.165, 1.54) is 25.3 Å². The number of alkyl halides is 3. The monoisotopic (exact) mass is 458 g/mol. The van der Waals surface area contributed by atoms with Crippen molar-refractivity contribution in [1.82, 2.24) is 10.3 Å². The molecule has 1 unspecified atom stereocenters. The standard InChI is InChI=1S/C20H15Cl2F3N2O3/c1-9-5-15-11(6-12(9)19(29)30-2)8-16(26-15)18(28)27-17(20(23,24)25)10-3-4-13(21)14(22)7-10/h3-8,17,26H,1-2H3,(H,27,28). The van der Waals surface area contributed by atoms with Gasteiger partial charge in [-0.25, -0.2) is 4.79 Å². The third kappa shape index (κ3) is 4.39. The summed E-state index contributed by atoms with van der Waals surface area (Å²) in [5.74, 6) is -1.53. The van der Waals surface area contributed by atoms with Gasteiger partial charge in [0.05, 0.1) is 22.7 Å². The lowest BCUT2D eigenvalue weighted by Crippen LogP contribution is -2.38. The Morgan fingerprint density at radius 2 is 1.80 bits per heavy atom. The van der Waals surface area contributed by atoms with Crippen LogP contribution >= 0.6 is 23.2 Å². The average Bonchev–Trinajstić information content (AvgIpc) is 3.09. The second-order valence-electron chi connectivity index (χ2n) is 6.55. The Labute approximate surface area is 179 Å². The van der Waals surface area contributed by atoms with Crippen molar-refractivity contribution in [3.63, 3.8) is 0 Å². The second kappa shape index (κ2) is 8.20. The SMILES string of the molecule is COC(=O)c1cc2cc(C(=O)NC(c3ccc(Cl)c(Cl)c3)C(F)(F)F)[nH]c2cc1C. The predicted molar refractivity (Wildman–Crippen MR) is 107 cm³/mol. The highest BCUT2D eigenvalue weighted by Crippen LogP contribution is 2.35. The summed E-state index contributed by atoms with van der Waals surface area (Å²) in [6, 6.07) is 5.60. The van der Waals surface area contributed by atoms with Gasteiger partial charge in [0.25, 0.3) is 5.91 Å². The molecule has 0 saturated carbocycles. The van der Waals surface area contributed by atoms with Crippen LogP contribution in [0.5, 0.6) is 0 Å². The number of esters is 1. The van der Waals surface area contributed by atoms with Crippen molar-refractivity contribution < 1.29 is 27.5 Å². The van der Waals surface area contributed by atoms with Crippen molar-refractivity contribution in [2.45, 2.75) is 19.1 Å². The normalized spacial score (nSPS) is 12.6. The van der Waals surface area contributed by atoms with E-state index < -0.39 is 24.1 Å². The predicted octanol–water partition coefficient (Wildman–Crippen LogP) is 5.60. The maximum absolute atomic E-state index is 13.6. The molecule has 0 fully saturated rings. The molecule has 1 aromatic heterocycles. The van der Waals surface area contributed by atoms with Crippen LogP contribution in [0, 0.1) is 6.92 Å². The van der Waals surface area contributed by atoms with Gasteiger partial charge in [-0.2, -0.15) is 13.2 Å². The van der Waals surface area contributed by atoms with Crippen LogP contribution in [-0.2, 0) is 4.74 Å². The Morgan fingerprint density at radius 1 is 1.10 bits per heavy atom. The Bertz CT molecular complexity index is 1140. The van der Waals surface area contributed by atoms with Crippen molar-refractivity contribution in [1.29, 1.82) is 0 Å². The second-order valence-corrected chi connectivity index (χ2v) is 7.37. The van der Waals surface area contributed by atoms with Crippen LogP contribution in [0.25, 0.3) is 10.9 Å². The van der Waals surface area contributed by atoms with E-state index in [0.717, 1.165) is 12.1 Å². The van der Waals surface area contributed by atoms with E-state index in [1.807, 2.05) is 5.32 Å². The van der Waals surface area contributed by atoms with Crippen LogP contribution in [0.15, 0.2) is 36.4 Å². The number of halogens is 5. The van der Waals surface area contributed by atoms with Gasteiger partial charge < -0.3 is 15.0 Å². The Hall–Kier alpha value is -2.71. The van der Waals surface area contributed by atoms with Crippen LogP contribution in [0.1, 0.15) is 38.0 Å². The quantitative estimate of drug-likeness (QED) is 0.499. The van der Waals surface area contributed by atoms with Gasteiger partial charge in [0.1, 0.15) is 5.69 Å². The Kier molecular flexibility index (Phi) is 6.01. The van der Waals surface area contributed by atoms with Gasteiger partial charge in [0, 0.05) is 10.9 Å². The molecule has 0 spiro atoms. The van der Waals surface area contributed by atoms with Crippen molar-refractivity contribution in [3.05, 3.63) is 68.8 Å². The molecule has 1 amide bonds. The fourth-order valence-corrected chi connectivity index (χ4v) is 3.30. The molecule has 0 aliphatic carbocycles. The fraction of sp³-hybridized carbons (Fsp3) is 0.200. The number of rotatable bonds is 4. The van der Waals surface area contributed by atoms with E-state index in [0.29, 0.717) is 22.0 Å². The summed E-state index contributed by atoms with van der Waals surface area (Å²) in [4.78, 5) is 27.2. The molecule has 1 atom stereocenters. The summed E-state index contributed by atoms with van der Waals surface area (Å²) in [6.45, 7) is 1.68. The fourth-order valence-electron chi connectivity index (χ4n) is 3.00. The first-order valence-corrected chi connectivity index (χ1v) is 9.31. The first-order valence-electron chi connectivity index (χ1n) is 8.55. The molecule has 10 heteroatoms. The average molecular weight is 459 g/mol. The molecule has 5 nitrogen and oxygen atoms in total. The van der Waals surface area contributed by atoms with Crippen LogP contribution in [-0.4, -0.2) is 30.1 Å². The summed E-state index contributed by atoms with van der Waals surface area (Å²) in [7, 11) is 1.24. The van der Waals surface area contributed by atoms with Crippen molar-refractivity contribution in [2.24, 2.45) is 0 Å². The first-order chi connectivity index (χ1) is 14.0. The minimum absolute atomic E-state index is 0.0610. The topological polar surface area (TPSA) is 71.2 Å². The number of H-pyrrole nitrogens is 1. The number of carbonyl (C=O) groups excluding carboxylic acids is 2. The molecule has 0 saturated heterocycles. The highest BCUT2D eigenvalue weighted by atomic mass is 35.5. The highest BCUT2D eigenvalue weighted by Gasteiger charge is 2.42. The number of aromatic nitrogens is 1. The van der Waals surface area contributed by atoms with Gasteiger partial charge in [-0.1, -0.05) is 29.3 Å². The maximum Gasteiger partial charge on any atom is 0.412 e. The largest absolute Gasteiger partial charge is 0.465 e. The van der Waals surface area contributed by atoms with Crippen molar-refractivity contribution in [3.8, 4) is 0 Å². The minimum Gasteiger partial charge on any atom is -0.465 e. The third-order valence-electron chi connectivity index (χ3n) is 4.50. The lowest BCUT2D eigenvalue weighted by atomic mass is 10.1. The number of benzene rings is 2. The number of aromatic amines is 1. The molecule has 1 heterocycles. The molecule has 0 aliphatic rings. The van der Waals surface area contributed by atoms with E-state index in [4.69, 9.17) is 27.9 Å². The Morgan fingerprint density at radius 3 is 2.40 bits per heavy atom. The van der Waals surface area contributed by atoms with Crippen LogP contribution in [0.4, 0.5) is 13.2 Å². The number of amides is 1. The zero-order valence-electron chi connectivity index (χ0n) is 15.7. The summed E-state index contributed by atoms with van der Waals surface area (Å²) in [5, 5.41) is 2.48. The van der Waals surface area contributed by atoms with E-state index in [2.05, 4.69) is 4.98 Å². The Balaban J connectivity index is 1.95. The van der Waals surface area contributed by atoms with E-state index >= 15 is 0 Å². The molecule has 30 heavy (non-hydrogen) atoms. The molecule has 2 N–H and O–H groups in total. The summed E-state index contributed by atoms with van der Waals surface area (Å²) < 4.78 is 45.5. The molecule has 0 radical (unpaired) electrons. The molecule has 0 bridgehead atoms. The number of carbonyl (C=O) groups is 2. The number of hydrogen-bond donors (Lipinski definition) is 2. The van der Waals surface area contributed by atoms with Gasteiger partial charge in [0.2, 0.25) is 0 Å². The highest BCUT2D eigenvalue weighted by molar-refractivity contribution is 6.42. The van der Waals surface area contributed by atoms with Gasteiger partial charge in [-0.15, -0.1) is 0 Å². The molecular formula is C20H15Cl2F3N2O3. The number of nitrogens with one attached hydrogen (secondary N) is 2. The maximum atomic E-state index is 13.6. The smallest absolute Gasteiger partial charge is 0.412 e. The summed E-state index contributed by atoms with van der Waals surface area (Å²) in [6.07, 6.45) is -4.77. The van der Waals surface area contributed by atoms with Gasteiger partial charge in [-0.3, -0.25) is 4.79 Å². The molecule has 158 valence electrons. The van der Waals surface area contributed by atoms with E-state index in [9.17, 15) is 22.8 Å². The van der Waals surface area contributed by atoms with Crippen LogP contribution in [0.3, 0.4) is 0 Å². The molecule has 3 aromatic rings. The number of aryl methyl sites for hydroxylation is 1. The number of hydrogen-bond acceptors (Lipinski definition) is 3. The number of fused-ring (bicyclic) bond motifs is 1. The molecule has 3 rings (SSSR count). The third-order valence-corrected chi connectivity index (χ3v) is 5.23. The lowest BCUT2D eigenvalue weighted by Gasteiger charge is -2.22. The van der Waals surface area contributed by atoms with Crippen molar-refractivity contribution >= 4 is 46.0 Å². The van der Waals surface area contributed by atoms with Crippen molar-refractivity contribution in [2.75, 3.05) is 7.11 Å². The first kappa shape index (κ1) is 22.0. The molecule has 0 aliphatic heterocycles. The minimum atomic E-state index is -4.77. The summed E-state index contributed by atoms with van der Waals surface area (Å²) >= 11 is 11.6. The van der Waals surface area contributed by atoms with E-state index in [-0.39, 0.29) is 21.3 Å². The van der Waals surface area contributed by atoms with Gasteiger partial charge in [0.15, 0.2) is 6.04 Å². The molecule has 2 aromatic carbocycles. The summed E-state index contributed by atoms with van der Waals surface area (Å²) in [5.41, 5.74) is 1.02.